The smallest absolute Gasteiger partial charge is 0.406 e. The van der Waals surface area contributed by atoms with Gasteiger partial charge in [-0.3, -0.25) is 14.5 Å². The molecule has 5 nitrogen and oxygen atoms in total. The van der Waals surface area contributed by atoms with E-state index in [1.54, 1.807) is 24.7 Å². The summed E-state index contributed by atoms with van der Waals surface area (Å²) in [5.74, 6) is -0.270. The van der Waals surface area contributed by atoms with Crippen LogP contribution in [0.1, 0.15) is 23.7 Å². The molecule has 2 heterocycles. The predicted octanol–water partition coefficient (Wildman–Crippen LogP) is 7.07. The molecule has 0 fully saturated rings. The minimum absolute atomic E-state index is 0.270. The van der Waals surface area contributed by atoms with Crippen LogP contribution in [-0.4, -0.2) is 38.5 Å². The molecule has 0 unspecified atom stereocenters. The van der Waals surface area contributed by atoms with Crippen LogP contribution in [0, 0.1) is 0 Å². The van der Waals surface area contributed by atoms with Crippen LogP contribution in [0.3, 0.4) is 0 Å². The Balaban J connectivity index is 1.31. The van der Waals surface area contributed by atoms with Gasteiger partial charge in [-0.15, -0.1) is 13.2 Å². The number of imidazole rings is 1. The summed E-state index contributed by atoms with van der Waals surface area (Å²) in [6, 6.07) is 19.7. The quantitative estimate of drug-likeness (QED) is 0.159. The maximum absolute atomic E-state index is 12.5. The van der Waals surface area contributed by atoms with Crippen molar-refractivity contribution in [3.05, 3.63) is 96.1 Å². The number of aryl methyl sites for hydroxylation is 1. The van der Waals surface area contributed by atoms with E-state index >= 15 is 0 Å². The highest BCUT2D eigenvalue weighted by Gasteiger charge is 2.31. The Labute approximate surface area is 222 Å². The summed E-state index contributed by atoms with van der Waals surface area (Å²) in [5.41, 5.74) is 5.48. The molecule has 5 rings (SSSR count). The standard InChI is InChI=1S/C29H23F3N4OS/c1-2-20-4-3-13-34-26(20)15-24(38)17-33-16-19-5-11-25-21(14-19)6-12-27-28(25)35-18-36(27)22-7-9-23(10-8-22)37-29(30,31)32/h3-14,16,18H,2,15,17H2,1H3. The van der Waals surface area contributed by atoms with Crippen LogP contribution in [0.2, 0.25) is 0 Å². The van der Waals surface area contributed by atoms with Gasteiger partial charge in [0.1, 0.15) is 12.1 Å². The zero-order valence-corrected chi connectivity index (χ0v) is 21.3. The molecule has 0 radical (unpaired) electrons. The summed E-state index contributed by atoms with van der Waals surface area (Å²) in [4.78, 5) is 14.4. The van der Waals surface area contributed by atoms with Crippen LogP contribution in [-0.2, 0) is 12.8 Å². The molecule has 38 heavy (non-hydrogen) atoms. The molecule has 192 valence electrons. The molecule has 0 aliphatic carbocycles. The van der Waals surface area contributed by atoms with Crippen LogP contribution in [0.15, 0.2) is 84.2 Å². The number of alkyl halides is 3. The van der Waals surface area contributed by atoms with Gasteiger partial charge in [-0.2, -0.15) is 0 Å². The number of aliphatic imine (C=N–C) groups is 1. The average molecular weight is 533 g/mol. The van der Waals surface area contributed by atoms with Crippen molar-refractivity contribution >= 4 is 45.1 Å². The summed E-state index contributed by atoms with van der Waals surface area (Å²) in [6.07, 6.45) is 2.09. The molecule has 0 bridgehead atoms. The number of halogens is 3. The lowest BCUT2D eigenvalue weighted by molar-refractivity contribution is -0.274. The minimum atomic E-state index is -4.73. The van der Waals surface area contributed by atoms with Gasteiger partial charge in [0, 0.05) is 40.5 Å². The van der Waals surface area contributed by atoms with E-state index in [9.17, 15) is 13.2 Å². The zero-order valence-electron chi connectivity index (χ0n) is 20.4. The largest absolute Gasteiger partial charge is 0.573 e. The topological polar surface area (TPSA) is 52.3 Å². The van der Waals surface area contributed by atoms with Crippen molar-refractivity contribution in [2.24, 2.45) is 4.99 Å². The highest BCUT2D eigenvalue weighted by atomic mass is 32.1. The molecular formula is C29H23F3N4OS. The van der Waals surface area contributed by atoms with Gasteiger partial charge in [0.25, 0.3) is 0 Å². The number of pyridine rings is 1. The van der Waals surface area contributed by atoms with Crippen molar-refractivity contribution in [2.45, 2.75) is 26.1 Å². The van der Waals surface area contributed by atoms with Crippen molar-refractivity contribution < 1.29 is 17.9 Å². The summed E-state index contributed by atoms with van der Waals surface area (Å²) >= 11 is 5.54. The van der Waals surface area contributed by atoms with Gasteiger partial charge in [-0.25, -0.2) is 4.98 Å². The molecule has 0 aliphatic rings. The molecule has 0 amide bonds. The molecule has 0 saturated carbocycles. The van der Waals surface area contributed by atoms with Gasteiger partial charge in [0.05, 0.1) is 17.6 Å². The number of thiocarbonyl (C=S) groups is 1. The minimum Gasteiger partial charge on any atom is -0.406 e. The Bertz CT molecular complexity index is 1640. The van der Waals surface area contributed by atoms with Gasteiger partial charge in [0.2, 0.25) is 0 Å². The Hall–Kier alpha value is -4.11. The molecule has 0 aliphatic heterocycles. The molecule has 0 N–H and O–H groups in total. The molecule has 2 aromatic heterocycles. The molecule has 3 aromatic carbocycles. The third-order valence-electron chi connectivity index (χ3n) is 6.14. The van der Waals surface area contributed by atoms with Crippen LogP contribution >= 0.6 is 12.2 Å². The summed E-state index contributed by atoms with van der Waals surface area (Å²) in [6.45, 7) is 2.55. The fraction of sp³-hybridized carbons (Fsp3) is 0.172. The summed E-state index contributed by atoms with van der Waals surface area (Å²) in [7, 11) is 0. The van der Waals surface area contributed by atoms with E-state index in [-0.39, 0.29) is 5.75 Å². The number of hydrogen-bond donors (Lipinski definition) is 0. The van der Waals surface area contributed by atoms with Crippen LogP contribution in [0.5, 0.6) is 5.75 Å². The molecule has 0 saturated heterocycles. The van der Waals surface area contributed by atoms with Crippen molar-refractivity contribution in [1.29, 1.82) is 0 Å². The van der Waals surface area contributed by atoms with Crippen LogP contribution in [0.25, 0.3) is 27.5 Å². The Morgan fingerprint density at radius 3 is 2.63 bits per heavy atom. The Morgan fingerprint density at radius 2 is 1.87 bits per heavy atom. The van der Waals surface area contributed by atoms with Gasteiger partial charge >= 0.3 is 6.36 Å². The first-order chi connectivity index (χ1) is 18.3. The second-order valence-electron chi connectivity index (χ2n) is 8.72. The van der Waals surface area contributed by atoms with E-state index in [1.807, 2.05) is 47.2 Å². The highest BCUT2D eigenvalue weighted by Crippen LogP contribution is 2.28. The fourth-order valence-electron chi connectivity index (χ4n) is 4.37. The number of fused-ring (bicyclic) bond motifs is 3. The maximum Gasteiger partial charge on any atom is 0.573 e. The predicted molar refractivity (Wildman–Crippen MR) is 148 cm³/mol. The van der Waals surface area contributed by atoms with Crippen molar-refractivity contribution in [3.63, 3.8) is 0 Å². The zero-order chi connectivity index (χ0) is 26.7. The summed E-state index contributed by atoms with van der Waals surface area (Å²) < 4.78 is 43.2. The molecular weight excluding hydrogens is 509 g/mol. The van der Waals surface area contributed by atoms with Gasteiger partial charge in [-0.1, -0.05) is 43.4 Å². The van der Waals surface area contributed by atoms with E-state index in [0.29, 0.717) is 18.7 Å². The van der Waals surface area contributed by atoms with E-state index in [4.69, 9.17) is 12.2 Å². The third kappa shape index (κ3) is 5.73. The van der Waals surface area contributed by atoms with E-state index in [1.165, 1.54) is 17.7 Å². The van der Waals surface area contributed by atoms with Gasteiger partial charge < -0.3 is 4.74 Å². The third-order valence-corrected chi connectivity index (χ3v) is 6.42. The van der Waals surface area contributed by atoms with Crippen molar-refractivity contribution in [3.8, 4) is 11.4 Å². The lowest BCUT2D eigenvalue weighted by Gasteiger charge is -2.10. The SMILES string of the molecule is CCc1cccnc1CC(=S)CN=Cc1ccc2c(ccc3c2ncn3-c2ccc(OC(F)(F)F)cc2)c1. The first-order valence-electron chi connectivity index (χ1n) is 12.0. The maximum atomic E-state index is 12.5. The van der Waals surface area contributed by atoms with E-state index in [2.05, 4.69) is 32.7 Å². The molecule has 5 aromatic rings. The highest BCUT2D eigenvalue weighted by molar-refractivity contribution is 7.80. The second kappa shape index (κ2) is 10.7. The average Bonchev–Trinajstić information content (AvgIpc) is 3.33. The second-order valence-corrected chi connectivity index (χ2v) is 9.30. The van der Waals surface area contributed by atoms with E-state index in [0.717, 1.165) is 44.3 Å². The van der Waals surface area contributed by atoms with Crippen molar-refractivity contribution in [1.82, 2.24) is 14.5 Å². The number of rotatable bonds is 8. The summed E-state index contributed by atoms with van der Waals surface area (Å²) in [5, 5.41) is 1.97. The first kappa shape index (κ1) is 25.5. The monoisotopic (exact) mass is 532 g/mol. The number of hydrogen-bond acceptors (Lipinski definition) is 5. The number of ether oxygens (including phenoxy) is 1. The Morgan fingerprint density at radius 1 is 1.05 bits per heavy atom. The number of benzene rings is 3. The fourth-order valence-corrected chi connectivity index (χ4v) is 4.58. The first-order valence-corrected chi connectivity index (χ1v) is 12.4. The molecule has 0 spiro atoms. The lowest BCUT2D eigenvalue weighted by Crippen LogP contribution is -2.17. The lowest BCUT2D eigenvalue weighted by atomic mass is 10.1. The van der Waals surface area contributed by atoms with Gasteiger partial charge in [0.15, 0.2) is 0 Å². The van der Waals surface area contributed by atoms with Crippen LogP contribution in [0.4, 0.5) is 13.2 Å². The van der Waals surface area contributed by atoms with Crippen molar-refractivity contribution in [2.75, 3.05) is 6.54 Å². The normalized spacial score (nSPS) is 12.0. The van der Waals surface area contributed by atoms with Gasteiger partial charge in [-0.05, 0) is 65.4 Å². The van der Waals surface area contributed by atoms with Crippen LogP contribution < -0.4 is 4.74 Å². The molecule has 9 heteroatoms. The number of aromatic nitrogens is 3. The Kier molecular flexibility index (Phi) is 7.20. The number of nitrogens with zero attached hydrogens (tertiary/aromatic N) is 4. The van der Waals surface area contributed by atoms with E-state index < -0.39 is 6.36 Å². The molecule has 0 atom stereocenters.